The lowest BCUT2D eigenvalue weighted by atomic mass is 9.92. The van der Waals surface area contributed by atoms with E-state index in [-0.39, 0.29) is 11.8 Å². The fourth-order valence-electron chi connectivity index (χ4n) is 1.61. The Balaban J connectivity index is 2.70. The molecule has 0 saturated heterocycles. The van der Waals surface area contributed by atoms with Gasteiger partial charge >= 0.3 is 0 Å². The maximum atomic E-state index is 12.0. The van der Waals surface area contributed by atoms with Crippen LogP contribution in [0, 0.1) is 12.3 Å². The van der Waals surface area contributed by atoms with Crippen LogP contribution in [0.3, 0.4) is 0 Å². The second-order valence-corrected chi connectivity index (χ2v) is 5.96. The van der Waals surface area contributed by atoms with E-state index < -0.39 is 5.41 Å². The van der Waals surface area contributed by atoms with Crippen molar-refractivity contribution < 1.29 is 9.59 Å². The summed E-state index contributed by atoms with van der Waals surface area (Å²) in [5.74, 6) is -0.271. The quantitative estimate of drug-likeness (QED) is 0.891. The molecule has 0 fully saturated rings. The Morgan fingerprint density at radius 3 is 2.47 bits per heavy atom. The topological polar surface area (TPSA) is 58.2 Å². The van der Waals surface area contributed by atoms with Gasteiger partial charge in [-0.2, -0.15) is 0 Å². The molecule has 0 aromatic heterocycles. The highest BCUT2D eigenvalue weighted by atomic mass is 79.9. The van der Waals surface area contributed by atoms with Crippen molar-refractivity contribution in [2.45, 2.75) is 20.8 Å². The van der Waals surface area contributed by atoms with Crippen molar-refractivity contribution in [2.24, 2.45) is 5.41 Å². The molecule has 0 bridgehead atoms. The van der Waals surface area contributed by atoms with E-state index in [0.29, 0.717) is 12.1 Å². The van der Waals surface area contributed by atoms with E-state index in [2.05, 4.69) is 26.6 Å². The van der Waals surface area contributed by atoms with Crippen molar-refractivity contribution in [1.82, 2.24) is 10.6 Å². The SMILES string of the molecule is CNC(=O)C(C)(C)CNC(=O)c1ccc(Br)c(C)c1. The summed E-state index contributed by atoms with van der Waals surface area (Å²) in [5.41, 5.74) is 0.959. The third-order valence-corrected chi connectivity index (χ3v) is 3.84. The van der Waals surface area contributed by atoms with Gasteiger partial charge in [0, 0.05) is 23.6 Å². The molecule has 1 aromatic carbocycles. The summed E-state index contributed by atoms with van der Waals surface area (Å²) >= 11 is 3.39. The van der Waals surface area contributed by atoms with Gasteiger partial charge in [0.15, 0.2) is 0 Å². The largest absolute Gasteiger partial charge is 0.359 e. The molecule has 0 atom stereocenters. The summed E-state index contributed by atoms with van der Waals surface area (Å²) in [5, 5.41) is 5.37. The van der Waals surface area contributed by atoms with Crippen molar-refractivity contribution in [3.05, 3.63) is 33.8 Å². The summed E-state index contributed by atoms with van der Waals surface area (Å²) in [4.78, 5) is 23.6. The minimum Gasteiger partial charge on any atom is -0.359 e. The van der Waals surface area contributed by atoms with E-state index >= 15 is 0 Å². The number of benzene rings is 1. The zero-order chi connectivity index (χ0) is 14.6. The number of aryl methyl sites for hydroxylation is 1. The van der Waals surface area contributed by atoms with Crippen LogP contribution in [0.1, 0.15) is 29.8 Å². The number of nitrogens with one attached hydrogen (secondary N) is 2. The first-order valence-electron chi connectivity index (χ1n) is 6.04. The molecule has 5 heteroatoms. The van der Waals surface area contributed by atoms with E-state index in [1.807, 2.05) is 19.1 Å². The Hall–Kier alpha value is -1.36. The lowest BCUT2D eigenvalue weighted by Crippen LogP contribution is -2.43. The van der Waals surface area contributed by atoms with Gasteiger partial charge < -0.3 is 10.6 Å². The van der Waals surface area contributed by atoms with Gasteiger partial charge in [0.2, 0.25) is 5.91 Å². The van der Waals surface area contributed by atoms with Crippen molar-refractivity contribution in [3.63, 3.8) is 0 Å². The molecule has 19 heavy (non-hydrogen) atoms. The molecule has 0 saturated carbocycles. The number of carbonyl (C=O) groups is 2. The summed E-state index contributed by atoms with van der Waals surface area (Å²) in [7, 11) is 1.59. The predicted octanol–water partition coefficient (Wildman–Crippen LogP) is 2.26. The summed E-state index contributed by atoms with van der Waals surface area (Å²) < 4.78 is 0.967. The molecule has 1 aromatic rings. The van der Waals surface area contributed by atoms with Crippen LogP contribution in [0.25, 0.3) is 0 Å². The zero-order valence-corrected chi connectivity index (χ0v) is 13.2. The molecular weight excluding hydrogens is 308 g/mol. The predicted molar refractivity (Wildman–Crippen MR) is 79.1 cm³/mol. The lowest BCUT2D eigenvalue weighted by Gasteiger charge is -2.22. The molecule has 0 aliphatic carbocycles. The summed E-state index contributed by atoms with van der Waals surface area (Å²) in [6.45, 7) is 5.80. The highest BCUT2D eigenvalue weighted by Gasteiger charge is 2.27. The highest BCUT2D eigenvalue weighted by Crippen LogP contribution is 2.18. The first-order chi connectivity index (χ1) is 8.77. The average molecular weight is 327 g/mol. The zero-order valence-electron chi connectivity index (χ0n) is 11.6. The van der Waals surface area contributed by atoms with Gasteiger partial charge in [-0.3, -0.25) is 9.59 Å². The minimum absolute atomic E-state index is 0.0974. The van der Waals surface area contributed by atoms with E-state index in [9.17, 15) is 9.59 Å². The number of halogens is 1. The Labute approximate surface area is 122 Å². The van der Waals surface area contributed by atoms with Crippen LogP contribution >= 0.6 is 15.9 Å². The summed E-state index contributed by atoms with van der Waals surface area (Å²) in [6, 6.07) is 5.40. The van der Waals surface area contributed by atoms with Gasteiger partial charge in [0.05, 0.1) is 5.41 Å². The van der Waals surface area contributed by atoms with Crippen molar-refractivity contribution >= 4 is 27.7 Å². The molecular formula is C14H19BrN2O2. The van der Waals surface area contributed by atoms with Crippen molar-refractivity contribution in [1.29, 1.82) is 0 Å². The lowest BCUT2D eigenvalue weighted by molar-refractivity contribution is -0.128. The van der Waals surface area contributed by atoms with Crippen molar-refractivity contribution in [2.75, 3.05) is 13.6 Å². The Bertz CT molecular complexity index is 498. The number of hydrogen-bond acceptors (Lipinski definition) is 2. The molecule has 0 unspecified atom stereocenters. The monoisotopic (exact) mass is 326 g/mol. The van der Waals surface area contributed by atoms with E-state index in [4.69, 9.17) is 0 Å². The van der Waals surface area contributed by atoms with Crippen molar-refractivity contribution in [3.8, 4) is 0 Å². The molecule has 0 spiro atoms. The molecule has 4 nitrogen and oxygen atoms in total. The third-order valence-electron chi connectivity index (χ3n) is 2.95. The molecule has 0 aliphatic heterocycles. The Morgan fingerprint density at radius 1 is 1.32 bits per heavy atom. The van der Waals surface area contributed by atoms with Gasteiger partial charge in [-0.1, -0.05) is 15.9 Å². The molecule has 0 heterocycles. The van der Waals surface area contributed by atoms with E-state index in [1.54, 1.807) is 27.0 Å². The van der Waals surface area contributed by atoms with E-state index in [1.165, 1.54) is 0 Å². The van der Waals surface area contributed by atoms with Gasteiger partial charge in [-0.25, -0.2) is 0 Å². The average Bonchev–Trinajstić information content (AvgIpc) is 2.38. The second-order valence-electron chi connectivity index (χ2n) is 5.11. The highest BCUT2D eigenvalue weighted by molar-refractivity contribution is 9.10. The molecule has 2 N–H and O–H groups in total. The summed E-state index contributed by atoms with van der Waals surface area (Å²) in [6.07, 6.45) is 0. The maximum Gasteiger partial charge on any atom is 0.251 e. The van der Waals surface area contributed by atoms with Crippen LogP contribution < -0.4 is 10.6 Å². The minimum atomic E-state index is -0.630. The van der Waals surface area contributed by atoms with Crippen LogP contribution in [0.2, 0.25) is 0 Å². The van der Waals surface area contributed by atoms with Gasteiger partial charge in [0.1, 0.15) is 0 Å². The fourth-order valence-corrected chi connectivity index (χ4v) is 1.85. The normalized spacial score (nSPS) is 11.0. The first-order valence-corrected chi connectivity index (χ1v) is 6.84. The third kappa shape index (κ3) is 4.06. The van der Waals surface area contributed by atoms with Crippen LogP contribution in [0.5, 0.6) is 0 Å². The first kappa shape index (κ1) is 15.7. The molecule has 104 valence electrons. The smallest absolute Gasteiger partial charge is 0.251 e. The van der Waals surface area contributed by atoms with Gasteiger partial charge in [-0.15, -0.1) is 0 Å². The van der Waals surface area contributed by atoms with Crippen LogP contribution in [0.4, 0.5) is 0 Å². The number of rotatable bonds is 4. The van der Waals surface area contributed by atoms with Gasteiger partial charge in [0.25, 0.3) is 5.91 Å². The number of amides is 2. The fraction of sp³-hybridized carbons (Fsp3) is 0.429. The van der Waals surface area contributed by atoms with E-state index in [0.717, 1.165) is 10.0 Å². The van der Waals surface area contributed by atoms with Crippen LogP contribution in [-0.4, -0.2) is 25.4 Å². The second kappa shape index (κ2) is 6.19. The number of hydrogen-bond donors (Lipinski definition) is 2. The Kier molecular flexibility index (Phi) is 5.11. The molecule has 0 radical (unpaired) electrons. The number of carbonyl (C=O) groups excluding carboxylic acids is 2. The molecule has 2 amide bonds. The molecule has 0 aliphatic rings. The van der Waals surface area contributed by atoms with Crippen LogP contribution in [-0.2, 0) is 4.79 Å². The Morgan fingerprint density at radius 2 is 1.95 bits per heavy atom. The van der Waals surface area contributed by atoms with Crippen LogP contribution in [0.15, 0.2) is 22.7 Å². The van der Waals surface area contributed by atoms with Gasteiger partial charge in [-0.05, 0) is 44.5 Å². The standard InChI is InChI=1S/C14H19BrN2O2/c1-9-7-10(5-6-11(9)15)12(18)17-8-14(2,3)13(19)16-4/h5-7H,8H2,1-4H3,(H,16,19)(H,17,18). The maximum absolute atomic E-state index is 12.0. The molecule has 1 rings (SSSR count).